The topological polar surface area (TPSA) is 73.0 Å². The molecule has 35 heavy (non-hydrogen) atoms. The van der Waals surface area contributed by atoms with Gasteiger partial charge in [-0.15, -0.1) is 5.10 Å². The average Bonchev–Trinajstić information content (AvgIpc) is 3.44. The number of methoxy groups -OCH3 is 1. The molecule has 0 saturated carbocycles. The maximum absolute atomic E-state index is 13.7. The first-order valence-electron chi connectivity index (χ1n) is 11.0. The van der Waals surface area contributed by atoms with E-state index in [0.29, 0.717) is 36.3 Å². The summed E-state index contributed by atoms with van der Waals surface area (Å²) < 4.78 is 50.3. The quantitative estimate of drug-likeness (QED) is 0.448. The van der Waals surface area contributed by atoms with Crippen LogP contribution in [-0.4, -0.2) is 49.9 Å². The molecule has 3 heterocycles. The number of hydrogen-bond donors (Lipinski definition) is 1. The van der Waals surface area contributed by atoms with Crippen LogP contribution in [0.3, 0.4) is 0 Å². The van der Waals surface area contributed by atoms with Gasteiger partial charge in [-0.2, -0.15) is 18.2 Å². The summed E-state index contributed by atoms with van der Waals surface area (Å²) in [6.45, 7) is 2.97. The summed E-state index contributed by atoms with van der Waals surface area (Å²) in [5.74, 6) is 1.38. The third kappa shape index (κ3) is 4.34. The number of fused-ring (bicyclic) bond motifs is 1. The minimum absolute atomic E-state index is 0.157. The van der Waals surface area contributed by atoms with Crippen LogP contribution in [0.2, 0.25) is 0 Å². The number of alkyl halides is 3. The van der Waals surface area contributed by atoms with Gasteiger partial charge >= 0.3 is 6.18 Å². The third-order valence-corrected chi connectivity index (χ3v) is 6.04. The van der Waals surface area contributed by atoms with Gasteiger partial charge in [0.05, 0.1) is 43.0 Å². The number of aromatic nitrogens is 5. The van der Waals surface area contributed by atoms with E-state index in [-0.39, 0.29) is 5.56 Å². The number of halogens is 3. The predicted molar refractivity (Wildman–Crippen MR) is 124 cm³/mol. The molecular weight excluding hydrogens is 459 g/mol. The van der Waals surface area contributed by atoms with Gasteiger partial charge in [0.1, 0.15) is 5.75 Å². The van der Waals surface area contributed by atoms with Crippen LogP contribution in [0.15, 0.2) is 55.0 Å². The van der Waals surface area contributed by atoms with Crippen molar-refractivity contribution < 1.29 is 17.9 Å². The number of rotatable bonds is 5. The second-order valence-corrected chi connectivity index (χ2v) is 8.42. The molecule has 2 aromatic carbocycles. The number of anilines is 2. The fraction of sp³-hybridized carbons (Fsp3) is 0.292. The van der Waals surface area contributed by atoms with E-state index in [1.807, 2.05) is 40.8 Å². The highest BCUT2D eigenvalue weighted by atomic mass is 19.4. The van der Waals surface area contributed by atoms with Crippen molar-refractivity contribution in [3.63, 3.8) is 0 Å². The maximum atomic E-state index is 13.7. The number of nitrogens with one attached hydrogen (secondary N) is 1. The second-order valence-electron chi connectivity index (χ2n) is 8.42. The molecule has 1 N–H and O–H groups in total. The van der Waals surface area contributed by atoms with E-state index in [4.69, 9.17) is 4.74 Å². The van der Waals surface area contributed by atoms with Gasteiger partial charge in [-0.3, -0.25) is 4.90 Å². The fourth-order valence-corrected chi connectivity index (χ4v) is 4.37. The van der Waals surface area contributed by atoms with Crippen molar-refractivity contribution in [1.82, 2.24) is 29.2 Å². The van der Waals surface area contributed by atoms with Crippen LogP contribution >= 0.6 is 0 Å². The molecule has 1 unspecified atom stereocenters. The first kappa shape index (κ1) is 22.9. The number of benzene rings is 2. The monoisotopic (exact) mass is 483 g/mol. The molecule has 8 nitrogen and oxygen atoms in total. The Balaban J connectivity index is 1.47. The molecule has 0 radical (unpaired) electrons. The maximum Gasteiger partial charge on any atom is 0.416 e. The molecule has 1 aliphatic rings. The summed E-state index contributed by atoms with van der Waals surface area (Å²) in [6, 6.07) is 10.5. The van der Waals surface area contributed by atoms with Crippen molar-refractivity contribution in [3.8, 4) is 11.4 Å². The molecule has 0 bridgehead atoms. The summed E-state index contributed by atoms with van der Waals surface area (Å²) in [7, 11) is 3.38. The number of imidazole rings is 1. The van der Waals surface area contributed by atoms with Gasteiger partial charge in [0.25, 0.3) is 0 Å². The molecule has 0 saturated heterocycles. The average molecular weight is 483 g/mol. The molecule has 2 aromatic heterocycles. The van der Waals surface area contributed by atoms with Gasteiger partial charge in [0.2, 0.25) is 5.95 Å². The Labute approximate surface area is 200 Å². The van der Waals surface area contributed by atoms with Crippen molar-refractivity contribution >= 4 is 11.6 Å². The molecule has 0 aliphatic carbocycles. The van der Waals surface area contributed by atoms with E-state index in [9.17, 15) is 13.2 Å². The SMILES string of the molecule is COc1cc(Nc2nc3n(n2)CCN(C)C3c2ccccc2C(F)(F)F)ccc1-n1cnc(C)c1. The van der Waals surface area contributed by atoms with Crippen molar-refractivity contribution in [2.75, 3.05) is 26.0 Å². The highest BCUT2D eigenvalue weighted by Crippen LogP contribution is 2.39. The van der Waals surface area contributed by atoms with Crippen molar-refractivity contribution in [2.45, 2.75) is 25.7 Å². The molecule has 182 valence electrons. The summed E-state index contributed by atoms with van der Waals surface area (Å²) >= 11 is 0. The van der Waals surface area contributed by atoms with Crippen LogP contribution in [-0.2, 0) is 12.7 Å². The van der Waals surface area contributed by atoms with E-state index >= 15 is 0 Å². The van der Waals surface area contributed by atoms with Gasteiger partial charge < -0.3 is 14.6 Å². The number of aryl methyl sites for hydroxylation is 1. The highest BCUT2D eigenvalue weighted by molar-refractivity contribution is 5.62. The Morgan fingerprint density at radius 1 is 1.11 bits per heavy atom. The molecule has 11 heteroatoms. The van der Waals surface area contributed by atoms with Crippen molar-refractivity contribution in [2.24, 2.45) is 0 Å². The fourth-order valence-electron chi connectivity index (χ4n) is 4.37. The molecule has 0 spiro atoms. The van der Waals surface area contributed by atoms with Gasteiger partial charge in [-0.1, -0.05) is 18.2 Å². The Morgan fingerprint density at radius 2 is 1.91 bits per heavy atom. The van der Waals surface area contributed by atoms with E-state index in [0.717, 1.165) is 17.4 Å². The zero-order chi connectivity index (χ0) is 24.7. The molecular formula is C24H24F3N7O. The molecule has 1 atom stereocenters. The number of ether oxygens (including phenoxy) is 1. The Hall–Kier alpha value is -3.86. The first-order valence-corrected chi connectivity index (χ1v) is 11.0. The summed E-state index contributed by atoms with van der Waals surface area (Å²) in [6.07, 6.45) is -0.862. The predicted octanol–water partition coefficient (Wildman–Crippen LogP) is 4.58. The summed E-state index contributed by atoms with van der Waals surface area (Å²) in [5.41, 5.74) is 1.88. The van der Waals surface area contributed by atoms with Crippen LogP contribution in [0.5, 0.6) is 5.75 Å². The van der Waals surface area contributed by atoms with Gasteiger partial charge in [0, 0.05) is 24.5 Å². The lowest BCUT2D eigenvalue weighted by Gasteiger charge is -2.33. The van der Waals surface area contributed by atoms with Gasteiger partial charge in [-0.05, 0) is 37.7 Å². The van der Waals surface area contributed by atoms with E-state index < -0.39 is 17.8 Å². The number of likely N-dealkylation sites (N-methyl/N-ethyl adjacent to an activating group) is 1. The lowest BCUT2D eigenvalue weighted by atomic mass is 9.97. The normalized spacial score (nSPS) is 16.2. The van der Waals surface area contributed by atoms with Crippen molar-refractivity contribution in [3.05, 3.63) is 77.6 Å². The smallest absolute Gasteiger partial charge is 0.416 e. The Bertz CT molecular complexity index is 1360. The number of nitrogens with zero attached hydrogens (tertiary/aromatic N) is 6. The standard InChI is InChI=1S/C24H24F3N7O/c1-15-13-33(14-28-15)19-9-8-16(12-20(19)35-3)29-23-30-22-21(32(2)10-11-34(22)31-23)17-6-4-5-7-18(17)24(25,26)27/h4-9,12-14,21H,10-11H2,1-3H3,(H,29,31). The molecule has 1 aliphatic heterocycles. The van der Waals surface area contributed by atoms with Crippen LogP contribution in [0.4, 0.5) is 24.8 Å². The third-order valence-electron chi connectivity index (χ3n) is 6.04. The van der Waals surface area contributed by atoms with E-state index in [1.54, 1.807) is 31.2 Å². The van der Waals surface area contributed by atoms with Crippen LogP contribution in [0, 0.1) is 6.92 Å². The minimum Gasteiger partial charge on any atom is -0.494 e. The lowest BCUT2D eigenvalue weighted by molar-refractivity contribution is -0.138. The zero-order valence-electron chi connectivity index (χ0n) is 19.4. The van der Waals surface area contributed by atoms with Gasteiger partial charge in [0.15, 0.2) is 5.82 Å². The van der Waals surface area contributed by atoms with Crippen LogP contribution < -0.4 is 10.1 Å². The van der Waals surface area contributed by atoms with E-state index in [1.165, 1.54) is 12.1 Å². The summed E-state index contributed by atoms with van der Waals surface area (Å²) in [5, 5.41) is 7.68. The first-order chi connectivity index (χ1) is 16.7. The van der Waals surface area contributed by atoms with E-state index in [2.05, 4.69) is 20.4 Å². The Morgan fingerprint density at radius 3 is 2.63 bits per heavy atom. The molecule has 0 fully saturated rings. The Kier molecular flexibility index (Phi) is 5.72. The number of hydrogen-bond acceptors (Lipinski definition) is 6. The minimum atomic E-state index is -4.47. The van der Waals surface area contributed by atoms with Crippen LogP contribution in [0.25, 0.3) is 5.69 Å². The molecule has 5 rings (SSSR count). The summed E-state index contributed by atoms with van der Waals surface area (Å²) in [4.78, 5) is 10.7. The molecule has 0 amide bonds. The lowest BCUT2D eigenvalue weighted by Crippen LogP contribution is -2.37. The van der Waals surface area contributed by atoms with Crippen molar-refractivity contribution in [1.29, 1.82) is 0 Å². The van der Waals surface area contributed by atoms with Gasteiger partial charge in [-0.25, -0.2) is 9.67 Å². The van der Waals surface area contributed by atoms with Crippen LogP contribution in [0.1, 0.15) is 28.7 Å². The second kappa shape index (κ2) is 8.73. The highest BCUT2D eigenvalue weighted by Gasteiger charge is 2.39. The largest absolute Gasteiger partial charge is 0.494 e. The molecule has 4 aromatic rings. The zero-order valence-corrected chi connectivity index (χ0v) is 19.4.